The number of nitrogens with one attached hydrogen (secondary N) is 1. The first kappa shape index (κ1) is 13.3. The number of rotatable bonds is 5. The maximum atomic E-state index is 11.5. The number of carbonyl (C=O) groups excluding carboxylic acids is 1. The molecule has 1 atom stereocenters. The lowest BCUT2D eigenvalue weighted by Gasteiger charge is -2.18. The van der Waals surface area contributed by atoms with Crippen LogP contribution < -0.4 is 5.32 Å². The summed E-state index contributed by atoms with van der Waals surface area (Å²) in [5.74, 6) is 0.303. The number of hydrogen-bond donors (Lipinski definition) is 1. The Morgan fingerprint density at radius 1 is 1.41 bits per heavy atom. The van der Waals surface area contributed by atoms with E-state index in [0.29, 0.717) is 5.92 Å². The molecule has 1 aromatic carbocycles. The van der Waals surface area contributed by atoms with Crippen LogP contribution in [-0.4, -0.2) is 12.1 Å². The van der Waals surface area contributed by atoms with Gasteiger partial charge in [-0.2, -0.15) is 0 Å². The number of amides is 1. The largest absolute Gasteiger partial charge is 0.445 e. The molecule has 0 heterocycles. The maximum absolute atomic E-state index is 11.5. The average molecular weight is 233 g/mol. The topological polar surface area (TPSA) is 38.3 Å². The molecule has 0 aliphatic heterocycles. The molecule has 0 aliphatic rings. The summed E-state index contributed by atoms with van der Waals surface area (Å²) in [5.41, 5.74) is 0.974. The Kier molecular flexibility index (Phi) is 5.27. The first-order chi connectivity index (χ1) is 8.13. The molecule has 3 heteroatoms. The third-order valence-corrected chi connectivity index (χ3v) is 2.47. The SMILES string of the molecule is C=CC(NC(=O)OCc1ccccc1)C(C)C. The summed E-state index contributed by atoms with van der Waals surface area (Å²) in [6, 6.07) is 9.53. The van der Waals surface area contributed by atoms with Gasteiger partial charge in [0.1, 0.15) is 6.61 Å². The fourth-order valence-electron chi connectivity index (χ4n) is 1.40. The summed E-state index contributed by atoms with van der Waals surface area (Å²) in [5, 5.41) is 2.76. The van der Waals surface area contributed by atoms with E-state index >= 15 is 0 Å². The summed E-state index contributed by atoms with van der Waals surface area (Å²) < 4.78 is 5.11. The highest BCUT2D eigenvalue weighted by atomic mass is 16.5. The van der Waals surface area contributed by atoms with Crippen molar-refractivity contribution in [1.29, 1.82) is 0 Å². The summed E-state index contributed by atoms with van der Waals surface area (Å²) in [4.78, 5) is 11.5. The summed E-state index contributed by atoms with van der Waals surface area (Å²) in [6.45, 7) is 8.01. The molecule has 3 nitrogen and oxygen atoms in total. The molecule has 0 aromatic heterocycles. The fourth-order valence-corrected chi connectivity index (χ4v) is 1.40. The van der Waals surface area contributed by atoms with Gasteiger partial charge in [-0.1, -0.05) is 50.3 Å². The molecule has 1 N–H and O–H groups in total. The molecule has 0 bridgehead atoms. The molecule has 1 rings (SSSR count). The summed E-state index contributed by atoms with van der Waals surface area (Å²) >= 11 is 0. The van der Waals surface area contributed by atoms with Gasteiger partial charge in [0.25, 0.3) is 0 Å². The Hall–Kier alpha value is -1.77. The van der Waals surface area contributed by atoms with Gasteiger partial charge < -0.3 is 10.1 Å². The quantitative estimate of drug-likeness (QED) is 0.793. The Morgan fingerprint density at radius 3 is 2.59 bits per heavy atom. The van der Waals surface area contributed by atoms with E-state index in [2.05, 4.69) is 11.9 Å². The molecule has 1 unspecified atom stereocenters. The van der Waals surface area contributed by atoms with Crippen molar-refractivity contribution in [3.05, 3.63) is 48.6 Å². The van der Waals surface area contributed by atoms with Gasteiger partial charge in [0.05, 0.1) is 6.04 Å². The van der Waals surface area contributed by atoms with Gasteiger partial charge in [-0.15, -0.1) is 6.58 Å². The molecule has 0 aliphatic carbocycles. The molecule has 0 saturated carbocycles. The minimum atomic E-state index is -0.410. The van der Waals surface area contributed by atoms with Crippen molar-refractivity contribution in [1.82, 2.24) is 5.32 Å². The van der Waals surface area contributed by atoms with Crippen molar-refractivity contribution in [2.24, 2.45) is 5.92 Å². The van der Waals surface area contributed by atoms with Crippen LogP contribution in [-0.2, 0) is 11.3 Å². The van der Waals surface area contributed by atoms with Crippen molar-refractivity contribution in [2.45, 2.75) is 26.5 Å². The number of hydrogen-bond acceptors (Lipinski definition) is 2. The number of benzene rings is 1. The van der Waals surface area contributed by atoms with Gasteiger partial charge in [0, 0.05) is 0 Å². The van der Waals surface area contributed by atoms with Crippen molar-refractivity contribution in [2.75, 3.05) is 0 Å². The van der Waals surface area contributed by atoms with Crippen molar-refractivity contribution in [3.63, 3.8) is 0 Å². The van der Waals surface area contributed by atoms with Crippen LogP contribution in [0, 0.1) is 5.92 Å². The third kappa shape index (κ3) is 4.72. The van der Waals surface area contributed by atoms with Gasteiger partial charge in [-0.3, -0.25) is 0 Å². The lowest BCUT2D eigenvalue weighted by atomic mass is 10.1. The first-order valence-electron chi connectivity index (χ1n) is 5.73. The second-order valence-corrected chi connectivity index (χ2v) is 4.21. The highest BCUT2D eigenvalue weighted by molar-refractivity contribution is 5.67. The van der Waals surface area contributed by atoms with Crippen LogP contribution in [0.25, 0.3) is 0 Å². The van der Waals surface area contributed by atoms with Crippen LogP contribution in [0.3, 0.4) is 0 Å². The van der Waals surface area contributed by atoms with Gasteiger partial charge in [0.2, 0.25) is 0 Å². The second kappa shape index (κ2) is 6.74. The minimum absolute atomic E-state index is 0.0572. The normalized spacial score (nSPS) is 11.9. The second-order valence-electron chi connectivity index (χ2n) is 4.21. The predicted molar refractivity (Wildman–Crippen MR) is 68.6 cm³/mol. The van der Waals surface area contributed by atoms with Crippen molar-refractivity contribution >= 4 is 6.09 Å². The van der Waals surface area contributed by atoms with Crippen LogP contribution in [0.5, 0.6) is 0 Å². The molecule has 1 amide bonds. The van der Waals surface area contributed by atoms with E-state index in [1.54, 1.807) is 6.08 Å². The molecular formula is C14H19NO2. The van der Waals surface area contributed by atoms with Gasteiger partial charge in [0.15, 0.2) is 0 Å². The molecule has 0 fully saturated rings. The number of carbonyl (C=O) groups is 1. The Morgan fingerprint density at radius 2 is 2.06 bits per heavy atom. The monoisotopic (exact) mass is 233 g/mol. The van der Waals surface area contributed by atoms with E-state index in [1.807, 2.05) is 44.2 Å². The molecule has 0 spiro atoms. The van der Waals surface area contributed by atoms with Crippen LogP contribution in [0.4, 0.5) is 4.79 Å². The Bertz CT molecular complexity index is 360. The number of ether oxygens (including phenoxy) is 1. The Labute approximate surface area is 102 Å². The summed E-state index contributed by atoms with van der Waals surface area (Å²) in [7, 11) is 0. The number of alkyl carbamates (subject to hydrolysis) is 1. The maximum Gasteiger partial charge on any atom is 0.407 e. The minimum Gasteiger partial charge on any atom is -0.445 e. The van der Waals surface area contributed by atoms with E-state index in [1.165, 1.54) is 0 Å². The van der Waals surface area contributed by atoms with Gasteiger partial charge >= 0.3 is 6.09 Å². The smallest absolute Gasteiger partial charge is 0.407 e. The molecule has 92 valence electrons. The van der Waals surface area contributed by atoms with E-state index in [9.17, 15) is 4.79 Å². The first-order valence-corrected chi connectivity index (χ1v) is 5.73. The van der Waals surface area contributed by atoms with Crippen LogP contribution in [0.1, 0.15) is 19.4 Å². The summed E-state index contributed by atoms with van der Waals surface area (Å²) in [6.07, 6.45) is 1.31. The fraction of sp³-hybridized carbons (Fsp3) is 0.357. The van der Waals surface area contributed by atoms with Gasteiger partial charge in [-0.25, -0.2) is 4.79 Å². The van der Waals surface area contributed by atoms with E-state index in [-0.39, 0.29) is 12.6 Å². The standard InChI is InChI=1S/C14H19NO2/c1-4-13(11(2)3)15-14(16)17-10-12-8-6-5-7-9-12/h4-9,11,13H,1,10H2,2-3H3,(H,15,16). The Balaban J connectivity index is 2.37. The third-order valence-electron chi connectivity index (χ3n) is 2.47. The van der Waals surface area contributed by atoms with E-state index in [4.69, 9.17) is 4.74 Å². The van der Waals surface area contributed by atoms with Crippen molar-refractivity contribution < 1.29 is 9.53 Å². The lowest BCUT2D eigenvalue weighted by Crippen LogP contribution is -2.37. The zero-order valence-corrected chi connectivity index (χ0v) is 10.3. The highest BCUT2D eigenvalue weighted by Crippen LogP contribution is 2.04. The zero-order valence-electron chi connectivity index (χ0n) is 10.3. The average Bonchev–Trinajstić information content (AvgIpc) is 2.34. The van der Waals surface area contributed by atoms with Crippen LogP contribution in [0.15, 0.2) is 43.0 Å². The van der Waals surface area contributed by atoms with E-state index < -0.39 is 6.09 Å². The molecule has 0 radical (unpaired) electrons. The highest BCUT2D eigenvalue weighted by Gasteiger charge is 2.12. The predicted octanol–water partition coefficient (Wildman–Crippen LogP) is 3.12. The van der Waals surface area contributed by atoms with Gasteiger partial charge in [-0.05, 0) is 11.5 Å². The van der Waals surface area contributed by atoms with E-state index in [0.717, 1.165) is 5.56 Å². The lowest BCUT2D eigenvalue weighted by molar-refractivity contribution is 0.135. The molecule has 17 heavy (non-hydrogen) atoms. The van der Waals surface area contributed by atoms with Crippen LogP contribution >= 0.6 is 0 Å². The molecule has 1 aromatic rings. The van der Waals surface area contributed by atoms with Crippen molar-refractivity contribution in [3.8, 4) is 0 Å². The molecular weight excluding hydrogens is 214 g/mol. The molecule has 0 saturated heterocycles. The van der Waals surface area contributed by atoms with Crippen LogP contribution in [0.2, 0.25) is 0 Å². The zero-order chi connectivity index (χ0) is 12.7.